The van der Waals surface area contributed by atoms with Gasteiger partial charge in [0.25, 0.3) is 0 Å². The van der Waals surface area contributed by atoms with Gasteiger partial charge in [0.2, 0.25) is 0 Å². The largest absolute Gasteiger partial charge is 0.374 e. The van der Waals surface area contributed by atoms with Gasteiger partial charge in [-0.2, -0.15) is 0 Å². The minimum atomic E-state index is -0.824. The lowest BCUT2D eigenvalue weighted by molar-refractivity contribution is -0.0376. The summed E-state index contributed by atoms with van der Waals surface area (Å²) in [4.78, 5) is 0. The molecule has 1 aliphatic carbocycles. The SMILES string of the molecule is NCC1CC(OCc2ccc(F)c(F)c2)C1. The van der Waals surface area contributed by atoms with Crippen molar-refractivity contribution in [3.63, 3.8) is 0 Å². The molecule has 0 saturated heterocycles. The lowest BCUT2D eigenvalue weighted by atomic mass is 9.82. The van der Waals surface area contributed by atoms with Crippen LogP contribution in [0.15, 0.2) is 18.2 Å². The molecule has 1 aromatic rings. The minimum absolute atomic E-state index is 0.224. The van der Waals surface area contributed by atoms with Gasteiger partial charge in [0.05, 0.1) is 12.7 Å². The summed E-state index contributed by atoms with van der Waals surface area (Å²) in [5.74, 6) is -1.08. The van der Waals surface area contributed by atoms with Crippen LogP contribution in [0.4, 0.5) is 8.78 Å². The van der Waals surface area contributed by atoms with E-state index in [-0.39, 0.29) is 6.10 Å². The molecule has 1 saturated carbocycles. The maximum Gasteiger partial charge on any atom is 0.159 e. The molecule has 0 spiro atoms. The quantitative estimate of drug-likeness (QED) is 0.856. The maximum atomic E-state index is 12.9. The molecule has 2 rings (SSSR count). The molecule has 0 bridgehead atoms. The molecule has 0 heterocycles. The predicted octanol–water partition coefficient (Wildman–Crippen LogP) is 2.22. The first-order valence-electron chi connectivity index (χ1n) is 5.44. The van der Waals surface area contributed by atoms with Crippen LogP contribution in [-0.2, 0) is 11.3 Å². The number of halogens is 2. The molecule has 0 aliphatic heterocycles. The van der Waals surface area contributed by atoms with Gasteiger partial charge in [0.15, 0.2) is 11.6 Å². The van der Waals surface area contributed by atoms with Gasteiger partial charge in [-0.25, -0.2) is 8.78 Å². The molecule has 0 aromatic heterocycles. The summed E-state index contributed by atoms with van der Waals surface area (Å²) < 4.78 is 31.1. The molecular formula is C12H15F2NO. The molecule has 16 heavy (non-hydrogen) atoms. The van der Waals surface area contributed by atoms with E-state index < -0.39 is 11.6 Å². The van der Waals surface area contributed by atoms with Gasteiger partial charge in [-0.1, -0.05) is 6.07 Å². The number of hydrogen-bond donors (Lipinski definition) is 1. The Morgan fingerprint density at radius 3 is 2.62 bits per heavy atom. The van der Waals surface area contributed by atoms with Crippen LogP contribution in [0.3, 0.4) is 0 Å². The molecule has 0 atom stereocenters. The third kappa shape index (κ3) is 2.57. The molecule has 1 fully saturated rings. The Morgan fingerprint density at radius 2 is 2.00 bits per heavy atom. The number of nitrogens with two attached hydrogens (primary N) is 1. The maximum absolute atomic E-state index is 12.9. The van der Waals surface area contributed by atoms with Crippen molar-refractivity contribution in [2.45, 2.75) is 25.6 Å². The first-order valence-corrected chi connectivity index (χ1v) is 5.44. The standard InChI is InChI=1S/C12H15F2NO/c13-11-2-1-8(5-12(11)14)7-16-10-3-9(4-10)6-15/h1-2,5,9-10H,3-4,6-7,15H2. The Balaban J connectivity index is 1.80. The minimum Gasteiger partial charge on any atom is -0.374 e. The van der Waals surface area contributed by atoms with Crippen molar-refractivity contribution in [1.82, 2.24) is 0 Å². The first kappa shape index (κ1) is 11.5. The summed E-state index contributed by atoms with van der Waals surface area (Å²) in [6.07, 6.45) is 2.17. The van der Waals surface area contributed by atoms with E-state index in [0.717, 1.165) is 18.9 Å². The van der Waals surface area contributed by atoms with Crippen LogP contribution in [0.1, 0.15) is 18.4 Å². The van der Waals surface area contributed by atoms with Crippen molar-refractivity contribution in [3.05, 3.63) is 35.4 Å². The lowest BCUT2D eigenvalue weighted by Crippen LogP contribution is -2.35. The van der Waals surface area contributed by atoms with E-state index in [4.69, 9.17) is 10.5 Å². The molecule has 2 nitrogen and oxygen atoms in total. The monoisotopic (exact) mass is 227 g/mol. The molecule has 0 radical (unpaired) electrons. The Kier molecular flexibility index (Phi) is 3.51. The summed E-state index contributed by atoms with van der Waals surface area (Å²) >= 11 is 0. The van der Waals surface area contributed by atoms with Gasteiger partial charge >= 0.3 is 0 Å². The molecule has 4 heteroatoms. The van der Waals surface area contributed by atoms with Crippen LogP contribution >= 0.6 is 0 Å². The van der Waals surface area contributed by atoms with Crippen LogP contribution in [0.2, 0.25) is 0 Å². The van der Waals surface area contributed by atoms with Gasteiger partial charge in [-0.05, 0) is 43.0 Å². The molecular weight excluding hydrogens is 212 g/mol. The molecule has 1 aliphatic rings. The molecule has 1 aromatic carbocycles. The van der Waals surface area contributed by atoms with Gasteiger partial charge < -0.3 is 10.5 Å². The Labute approximate surface area is 93.4 Å². The highest BCUT2D eigenvalue weighted by Gasteiger charge is 2.28. The normalized spacial score (nSPS) is 24.2. The van der Waals surface area contributed by atoms with Crippen LogP contribution in [0.5, 0.6) is 0 Å². The zero-order valence-electron chi connectivity index (χ0n) is 8.96. The number of rotatable bonds is 4. The number of hydrogen-bond acceptors (Lipinski definition) is 2. The van der Waals surface area contributed by atoms with Crippen molar-refractivity contribution in [1.29, 1.82) is 0 Å². The molecule has 88 valence electrons. The zero-order chi connectivity index (χ0) is 11.5. The Morgan fingerprint density at radius 1 is 1.25 bits per heavy atom. The van der Waals surface area contributed by atoms with Crippen molar-refractivity contribution in [2.75, 3.05) is 6.54 Å². The summed E-state index contributed by atoms with van der Waals surface area (Å²) in [6, 6.07) is 3.84. The van der Waals surface area contributed by atoms with Crippen LogP contribution in [0, 0.1) is 17.6 Å². The second kappa shape index (κ2) is 4.89. The van der Waals surface area contributed by atoms with Gasteiger partial charge in [-0.3, -0.25) is 0 Å². The highest BCUT2D eigenvalue weighted by atomic mass is 19.2. The fourth-order valence-electron chi connectivity index (χ4n) is 1.85. The molecule has 2 N–H and O–H groups in total. The Hall–Kier alpha value is -1.00. The van der Waals surface area contributed by atoms with E-state index in [0.29, 0.717) is 24.6 Å². The third-order valence-electron chi connectivity index (χ3n) is 3.00. The second-order valence-corrected chi connectivity index (χ2v) is 4.25. The smallest absolute Gasteiger partial charge is 0.159 e. The fraction of sp³-hybridized carbons (Fsp3) is 0.500. The summed E-state index contributed by atoms with van der Waals surface area (Å²) in [6.45, 7) is 1.03. The van der Waals surface area contributed by atoms with Gasteiger partial charge in [0, 0.05) is 0 Å². The zero-order valence-corrected chi connectivity index (χ0v) is 8.96. The van der Waals surface area contributed by atoms with Crippen molar-refractivity contribution >= 4 is 0 Å². The predicted molar refractivity (Wildman–Crippen MR) is 56.7 cm³/mol. The van der Waals surface area contributed by atoms with E-state index in [2.05, 4.69) is 0 Å². The van der Waals surface area contributed by atoms with E-state index in [1.54, 1.807) is 0 Å². The fourth-order valence-corrected chi connectivity index (χ4v) is 1.85. The van der Waals surface area contributed by atoms with E-state index in [1.807, 2.05) is 0 Å². The number of ether oxygens (including phenoxy) is 1. The summed E-state index contributed by atoms with van der Waals surface area (Å²) in [7, 11) is 0. The molecule has 0 unspecified atom stereocenters. The van der Waals surface area contributed by atoms with Crippen LogP contribution < -0.4 is 5.73 Å². The lowest BCUT2D eigenvalue weighted by Gasteiger charge is -2.34. The number of benzene rings is 1. The molecule has 0 amide bonds. The van der Waals surface area contributed by atoms with Crippen molar-refractivity contribution in [2.24, 2.45) is 11.7 Å². The van der Waals surface area contributed by atoms with E-state index in [9.17, 15) is 8.78 Å². The highest BCUT2D eigenvalue weighted by molar-refractivity contribution is 5.16. The van der Waals surface area contributed by atoms with E-state index >= 15 is 0 Å². The first-order chi connectivity index (χ1) is 7.69. The average Bonchev–Trinajstić information content (AvgIpc) is 2.21. The van der Waals surface area contributed by atoms with Crippen molar-refractivity contribution < 1.29 is 13.5 Å². The third-order valence-corrected chi connectivity index (χ3v) is 3.00. The van der Waals surface area contributed by atoms with Crippen LogP contribution in [0.25, 0.3) is 0 Å². The topological polar surface area (TPSA) is 35.2 Å². The van der Waals surface area contributed by atoms with Crippen molar-refractivity contribution in [3.8, 4) is 0 Å². The second-order valence-electron chi connectivity index (χ2n) is 4.25. The van der Waals surface area contributed by atoms with Gasteiger partial charge in [-0.15, -0.1) is 0 Å². The van der Waals surface area contributed by atoms with E-state index in [1.165, 1.54) is 12.1 Å². The van der Waals surface area contributed by atoms with Crippen LogP contribution in [-0.4, -0.2) is 12.6 Å². The summed E-state index contributed by atoms with van der Waals surface area (Å²) in [5.41, 5.74) is 6.16. The average molecular weight is 227 g/mol. The Bertz CT molecular complexity index is 364. The summed E-state index contributed by atoms with van der Waals surface area (Å²) in [5, 5.41) is 0. The van der Waals surface area contributed by atoms with Gasteiger partial charge in [0.1, 0.15) is 0 Å². The highest BCUT2D eigenvalue weighted by Crippen LogP contribution is 2.29.